The van der Waals surface area contributed by atoms with Gasteiger partial charge in [0, 0.05) is 5.56 Å². The molecular weight excluding hydrogens is 458 g/mol. The van der Waals surface area contributed by atoms with Gasteiger partial charge in [-0.05, 0) is 36.6 Å². The van der Waals surface area contributed by atoms with Crippen molar-refractivity contribution in [3.05, 3.63) is 29.8 Å². The fourth-order valence-electron chi connectivity index (χ4n) is 2.48. The zero-order valence-corrected chi connectivity index (χ0v) is 18.9. The number of hydrogen-bond donors (Lipinski definition) is 6. The van der Waals surface area contributed by atoms with Gasteiger partial charge in [0.15, 0.2) is 0 Å². The van der Waals surface area contributed by atoms with Crippen LogP contribution in [0.15, 0.2) is 29.2 Å². The van der Waals surface area contributed by atoms with Crippen molar-refractivity contribution in [2.45, 2.75) is 31.2 Å². The van der Waals surface area contributed by atoms with Gasteiger partial charge in [-0.1, -0.05) is 13.8 Å². The summed E-state index contributed by atoms with van der Waals surface area (Å²) in [6.45, 7) is 2.21. The number of carboxylic acid groups (broad SMARTS) is 1. The Kier molecular flexibility index (Phi) is 10.4. The maximum atomic E-state index is 12.0. The van der Waals surface area contributed by atoms with Crippen molar-refractivity contribution >= 4 is 39.6 Å². The highest BCUT2D eigenvalue weighted by Crippen LogP contribution is 2.08. The summed E-state index contributed by atoms with van der Waals surface area (Å²) in [5.41, 5.74) is 0.0936. The molecule has 14 heteroatoms. The van der Waals surface area contributed by atoms with Crippen LogP contribution < -0.4 is 26.4 Å². The van der Waals surface area contributed by atoms with Gasteiger partial charge >= 0.3 is 5.97 Å². The third kappa shape index (κ3) is 10.6. The molecule has 1 aromatic carbocycles. The number of sulfonamides is 1. The van der Waals surface area contributed by atoms with Crippen molar-refractivity contribution in [3.63, 3.8) is 0 Å². The van der Waals surface area contributed by atoms with E-state index in [9.17, 15) is 32.4 Å². The number of amides is 4. The number of primary sulfonamides is 1. The average Bonchev–Trinajstić information content (AvgIpc) is 2.73. The minimum atomic E-state index is -3.90. The first kappa shape index (κ1) is 27.5. The lowest BCUT2D eigenvalue weighted by atomic mass is 10.0. The zero-order valence-electron chi connectivity index (χ0n) is 18.1. The highest BCUT2D eigenvalue weighted by atomic mass is 32.2. The fourth-order valence-corrected chi connectivity index (χ4v) is 3.00. The quantitative estimate of drug-likeness (QED) is 0.193. The first-order valence-electron chi connectivity index (χ1n) is 9.76. The largest absolute Gasteiger partial charge is 0.480 e. The lowest BCUT2D eigenvalue weighted by Crippen LogP contribution is -2.48. The summed E-state index contributed by atoms with van der Waals surface area (Å²) < 4.78 is 22.4. The molecule has 7 N–H and O–H groups in total. The van der Waals surface area contributed by atoms with Crippen LogP contribution in [0.2, 0.25) is 0 Å². The second kappa shape index (κ2) is 12.5. The fraction of sp³-hybridized carbons (Fsp3) is 0.421. The lowest BCUT2D eigenvalue weighted by Gasteiger charge is -2.16. The average molecular weight is 486 g/mol. The first-order chi connectivity index (χ1) is 15.3. The number of hydrogen-bond acceptors (Lipinski definition) is 7. The third-order valence-electron chi connectivity index (χ3n) is 4.09. The van der Waals surface area contributed by atoms with E-state index in [1.54, 1.807) is 13.8 Å². The summed E-state index contributed by atoms with van der Waals surface area (Å²) in [7, 11) is -3.90. The number of nitrogens with two attached hydrogens (primary N) is 1. The van der Waals surface area contributed by atoms with Gasteiger partial charge in [-0.25, -0.2) is 18.4 Å². The Morgan fingerprint density at radius 3 is 1.82 bits per heavy atom. The smallest absolute Gasteiger partial charge is 0.326 e. The molecule has 1 aromatic rings. The molecule has 0 aromatic heterocycles. The van der Waals surface area contributed by atoms with Crippen LogP contribution in [0, 0.1) is 5.92 Å². The van der Waals surface area contributed by atoms with Crippen molar-refractivity contribution in [1.82, 2.24) is 21.3 Å². The van der Waals surface area contributed by atoms with Crippen molar-refractivity contribution in [2.75, 3.05) is 19.6 Å². The van der Waals surface area contributed by atoms with Crippen molar-refractivity contribution < 1.29 is 37.5 Å². The van der Waals surface area contributed by atoms with Gasteiger partial charge in [0.25, 0.3) is 5.91 Å². The van der Waals surface area contributed by atoms with E-state index in [0.717, 1.165) is 12.1 Å². The zero-order chi connectivity index (χ0) is 25.2. The van der Waals surface area contributed by atoms with Gasteiger partial charge in [-0.3, -0.25) is 19.2 Å². The van der Waals surface area contributed by atoms with Gasteiger partial charge in [-0.15, -0.1) is 0 Å². The highest BCUT2D eigenvalue weighted by Gasteiger charge is 2.21. The Labute approximate surface area is 190 Å². The summed E-state index contributed by atoms with van der Waals surface area (Å²) in [5, 5.41) is 23.1. The molecular formula is C19H27N5O8S. The summed E-state index contributed by atoms with van der Waals surface area (Å²) in [6.07, 6.45) is 0.229. The van der Waals surface area contributed by atoms with E-state index in [4.69, 9.17) is 10.2 Å². The number of carbonyl (C=O) groups excluding carboxylic acids is 4. The van der Waals surface area contributed by atoms with Gasteiger partial charge in [0.2, 0.25) is 27.7 Å². The van der Waals surface area contributed by atoms with E-state index in [1.807, 2.05) is 0 Å². The maximum Gasteiger partial charge on any atom is 0.326 e. The standard InChI is InChI=1S/C19H27N5O8S/c1-11(2)7-14(19(29)30)24-17(27)10-22-15(25)8-21-16(26)9-23-18(28)12-3-5-13(6-4-12)33(20,31)32/h3-6,11,14H,7-10H2,1-2H3,(H,21,26)(H,22,25)(H,23,28)(H,24,27)(H,29,30)(H2,20,31,32)/t14-/m0/s1. The Morgan fingerprint density at radius 2 is 1.36 bits per heavy atom. The van der Waals surface area contributed by atoms with E-state index >= 15 is 0 Å². The number of nitrogens with one attached hydrogen (secondary N) is 4. The van der Waals surface area contributed by atoms with E-state index in [2.05, 4.69) is 21.3 Å². The highest BCUT2D eigenvalue weighted by molar-refractivity contribution is 7.89. The summed E-state index contributed by atoms with van der Waals surface area (Å²) in [6, 6.07) is 3.66. The molecule has 0 heterocycles. The van der Waals surface area contributed by atoms with Crippen LogP contribution in [0.5, 0.6) is 0 Å². The van der Waals surface area contributed by atoms with E-state index in [0.29, 0.717) is 0 Å². The molecule has 1 rings (SSSR count). The molecule has 0 spiro atoms. The topological polar surface area (TPSA) is 214 Å². The SMILES string of the molecule is CC(C)C[C@H](NC(=O)CNC(=O)CNC(=O)CNC(=O)c1ccc(S(N)(=O)=O)cc1)C(=O)O. The Bertz CT molecular complexity index is 992. The van der Waals surface area contributed by atoms with Crippen LogP contribution in [-0.2, 0) is 29.2 Å². The van der Waals surface area contributed by atoms with Gasteiger partial charge in [-0.2, -0.15) is 0 Å². The minimum Gasteiger partial charge on any atom is -0.480 e. The van der Waals surface area contributed by atoms with Crippen LogP contribution in [0.3, 0.4) is 0 Å². The number of carbonyl (C=O) groups is 5. The molecule has 1 atom stereocenters. The number of rotatable bonds is 12. The van der Waals surface area contributed by atoms with E-state index < -0.39 is 65.3 Å². The Morgan fingerprint density at radius 1 is 0.879 bits per heavy atom. The molecule has 0 aliphatic rings. The molecule has 182 valence electrons. The molecule has 4 amide bonds. The molecule has 0 radical (unpaired) electrons. The summed E-state index contributed by atoms with van der Waals surface area (Å²) in [4.78, 5) is 58.3. The molecule has 0 unspecified atom stereocenters. The Balaban J connectivity index is 2.36. The lowest BCUT2D eigenvalue weighted by molar-refractivity contribution is -0.142. The van der Waals surface area contributed by atoms with Crippen LogP contribution in [0.25, 0.3) is 0 Å². The second-order valence-corrected chi connectivity index (χ2v) is 8.95. The van der Waals surface area contributed by atoms with Gasteiger partial charge < -0.3 is 26.4 Å². The minimum absolute atomic E-state index is 0.0399. The molecule has 0 aliphatic heterocycles. The van der Waals surface area contributed by atoms with E-state index in [1.165, 1.54) is 12.1 Å². The summed E-state index contributed by atoms with van der Waals surface area (Å²) in [5.74, 6) is -3.87. The third-order valence-corrected chi connectivity index (χ3v) is 5.02. The summed E-state index contributed by atoms with van der Waals surface area (Å²) >= 11 is 0. The normalized spacial score (nSPS) is 11.9. The second-order valence-electron chi connectivity index (χ2n) is 7.39. The Hall–Kier alpha value is -3.52. The van der Waals surface area contributed by atoms with Crippen LogP contribution in [0.1, 0.15) is 30.6 Å². The number of benzene rings is 1. The molecule has 0 saturated heterocycles. The first-order valence-corrected chi connectivity index (χ1v) is 11.3. The predicted molar refractivity (Wildman–Crippen MR) is 115 cm³/mol. The van der Waals surface area contributed by atoms with Crippen LogP contribution in [-0.4, -0.2) is 68.8 Å². The molecule has 0 fully saturated rings. The molecule has 0 saturated carbocycles. The molecule has 0 aliphatic carbocycles. The molecule has 13 nitrogen and oxygen atoms in total. The monoisotopic (exact) mass is 485 g/mol. The maximum absolute atomic E-state index is 12.0. The van der Waals surface area contributed by atoms with Crippen molar-refractivity contribution in [3.8, 4) is 0 Å². The van der Waals surface area contributed by atoms with Crippen molar-refractivity contribution in [2.24, 2.45) is 11.1 Å². The molecule has 0 bridgehead atoms. The van der Waals surface area contributed by atoms with Gasteiger partial charge in [0.05, 0.1) is 24.5 Å². The predicted octanol–water partition coefficient (Wildman–Crippen LogP) is -2.09. The van der Waals surface area contributed by atoms with Crippen LogP contribution >= 0.6 is 0 Å². The van der Waals surface area contributed by atoms with Crippen molar-refractivity contribution in [1.29, 1.82) is 0 Å². The van der Waals surface area contributed by atoms with Gasteiger partial charge in [0.1, 0.15) is 6.04 Å². The van der Waals surface area contributed by atoms with E-state index in [-0.39, 0.29) is 22.8 Å². The number of carboxylic acids is 1. The number of aliphatic carboxylic acids is 1. The molecule has 33 heavy (non-hydrogen) atoms. The van der Waals surface area contributed by atoms with Crippen LogP contribution in [0.4, 0.5) is 0 Å².